The summed E-state index contributed by atoms with van der Waals surface area (Å²) < 4.78 is 114. The van der Waals surface area contributed by atoms with E-state index in [2.05, 4.69) is 120 Å². The average molecular weight is 1510 g/mol. The van der Waals surface area contributed by atoms with Crippen LogP contribution in [-0.4, -0.2) is 109 Å². The Morgan fingerprint density at radius 1 is 0.309 bits per heavy atom. The van der Waals surface area contributed by atoms with Crippen molar-refractivity contribution >= 4 is 146 Å². The van der Waals surface area contributed by atoms with Gasteiger partial charge in [0.2, 0.25) is 0 Å². The van der Waals surface area contributed by atoms with Gasteiger partial charge in [0.05, 0.1) is 0 Å². The van der Waals surface area contributed by atoms with Crippen LogP contribution in [0.5, 0.6) is 0 Å². The third-order valence-corrected chi connectivity index (χ3v) is 77.1. The van der Waals surface area contributed by atoms with E-state index in [1.165, 1.54) is 0 Å². The summed E-state index contributed by atoms with van der Waals surface area (Å²) in [6.45, 7) is 36.9. The molecule has 0 spiro atoms. The molecule has 0 aliphatic carbocycles. The highest BCUT2D eigenvalue weighted by molar-refractivity contribution is 7.10. The Kier molecular flexibility index (Phi) is 19.9. The van der Waals surface area contributed by atoms with Crippen molar-refractivity contribution in [2.24, 2.45) is 0 Å². The molecule has 6 aliphatic rings. The van der Waals surface area contributed by atoms with E-state index in [0.717, 1.165) is 11.6 Å². The lowest BCUT2D eigenvalue weighted by Crippen LogP contribution is -2.88. The fourth-order valence-corrected chi connectivity index (χ4v) is 76.2. The van der Waals surface area contributed by atoms with Crippen LogP contribution in [0.4, 0.5) is 0 Å². The van der Waals surface area contributed by atoms with Crippen LogP contribution in [0.25, 0.3) is 0 Å². The van der Waals surface area contributed by atoms with Crippen LogP contribution >= 0.6 is 0 Å². The molecule has 0 saturated carbocycles. The van der Waals surface area contributed by atoms with E-state index in [1.54, 1.807) is 0 Å². The molecule has 6 fully saturated rings. The number of fused-ring (bicyclic) bond motifs is 5. The standard InChI is InChI=1S/C71H96O14Si12/c1-17-70(7)59-68(3,4)87(9,10)75-94(64-51-35-23-36-52-64)82-96(66-55-39-25-40-56-66)79-91(72,61-45-29-20-30-46-61)78-93(63-49-33-22-34-50-63)76-88(11,12)69(5,6)71(8,18-2)90(15,16)77-95(83-96,65-53-37-24-38-54-65)85-97(84-94,67-57-41-26-42-58-67)81-92(80-93,62-47-31-21-32-48-62)74-86(73-89(70,13)14)60-43-27-19-28-44-60/h19-58,72,86H,17-18,59H2,1-16H3. The molecule has 6 bridgehead atoms. The molecule has 6 aliphatic heterocycles. The third-order valence-electron chi connectivity index (χ3n) is 22.6. The molecule has 1 N–H and O–H groups in total. The lowest BCUT2D eigenvalue weighted by molar-refractivity contribution is 0.0673. The number of benzene rings is 8. The predicted molar refractivity (Wildman–Crippen MR) is 412 cm³/mol. The van der Waals surface area contributed by atoms with Crippen molar-refractivity contribution in [3.63, 3.8) is 0 Å². The first-order chi connectivity index (χ1) is 45.8. The zero-order chi connectivity index (χ0) is 69.3. The highest BCUT2D eigenvalue weighted by atomic mass is 28.6. The highest BCUT2D eigenvalue weighted by Gasteiger charge is 2.80. The summed E-state index contributed by atoms with van der Waals surface area (Å²) in [7, 11) is -54.4. The summed E-state index contributed by atoms with van der Waals surface area (Å²) in [6, 6.07) is 79.0. The zero-order valence-corrected chi connectivity index (χ0v) is 71.2. The minimum absolute atomic E-state index is 0.312. The maximum atomic E-state index is 15.6. The molecule has 14 rings (SSSR count). The van der Waals surface area contributed by atoms with Crippen LogP contribution in [0.2, 0.25) is 72.5 Å². The summed E-state index contributed by atoms with van der Waals surface area (Å²) in [5.41, 5.74) is 0. The van der Waals surface area contributed by atoms with Crippen LogP contribution in [0, 0.1) is 0 Å². The molecule has 8 aromatic carbocycles. The minimum Gasteiger partial charge on any atom is -0.435 e. The van der Waals surface area contributed by atoms with E-state index in [0.29, 0.717) is 49.1 Å². The Bertz CT molecular complexity index is 4010. The molecule has 0 amide bonds. The molecule has 512 valence electrons. The van der Waals surface area contributed by atoms with Gasteiger partial charge in [0.15, 0.2) is 33.3 Å². The normalized spacial score (nSPS) is 33.9. The summed E-state index contributed by atoms with van der Waals surface area (Å²) in [4.78, 5) is 15.6. The smallest absolute Gasteiger partial charge is 0.435 e. The van der Waals surface area contributed by atoms with Gasteiger partial charge in [0.1, 0.15) is 0 Å². The van der Waals surface area contributed by atoms with Crippen LogP contribution in [0.15, 0.2) is 243 Å². The largest absolute Gasteiger partial charge is 0.520 e. The predicted octanol–water partition coefficient (Wildman–Crippen LogP) is 11.4. The second-order valence-electron chi connectivity index (χ2n) is 29.9. The molecule has 8 aromatic rings. The van der Waals surface area contributed by atoms with Gasteiger partial charge in [-0.3, -0.25) is 0 Å². The van der Waals surface area contributed by atoms with E-state index in [-0.39, 0.29) is 0 Å². The van der Waals surface area contributed by atoms with E-state index in [1.807, 2.05) is 231 Å². The molecular formula is C71H96O14Si12. The van der Waals surface area contributed by atoms with Gasteiger partial charge in [0.25, 0.3) is 0 Å². The Labute approximate surface area is 589 Å². The molecule has 14 nitrogen and oxygen atoms in total. The van der Waals surface area contributed by atoms with Crippen molar-refractivity contribution in [1.29, 1.82) is 0 Å². The minimum atomic E-state index is -5.50. The number of hydrogen-bond acceptors (Lipinski definition) is 14. The van der Waals surface area contributed by atoms with Crippen LogP contribution < -0.4 is 41.5 Å². The Hall–Kier alpha value is -4.20. The van der Waals surface area contributed by atoms with Gasteiger partial charge in [-0.15, -0.1) is 0 Å². The van der Waals surface area contributed by atoms with Crippen LogP contribution in [-0.2, 0) is 53.5 Å². The molecule has 6 saturated heterocycles. The summed E-state index contributed by atoms with van der Waals surface area (Å²) in [5.74, 6) is 0. The zero-order valence-electron chi connectivity index (χ0n) is 59.0. The first-order valence-electron chi connectivity index (χ1n) is 34.0. The quantitative estimate of drug-likeness (QED) is 0.130. The van der Waals surface area contributed by atoms with Crippen molar-refractivity contribution in [3.8, 4) is 0 Å². The maximum absolute atomic E-state index is 15.6. The molecular weight excluding hydrogens is 1410 g/mol. The lowest BCUT2D eigenvalue weighted by atomic mass is 9.92. The topological polar surface area (TPSA) is 140 Å². The van der Waals surface area contributed by atoms with Gasteiger partial charge in [-0.25, -0.2) is 0 Å². The average Bonchev–Trinajstić information content (AvgIpc) is 1.68. The third kappa shape index (κ3) is 13.0. The van der Waals surface area contributed by atoms with Gasteiger partial charge in [-0.05, 0) is 84.1 Å². The summed E-state index contributed by atoms with van der Waals surface area (Å²) in [6.07, 6.45) is 2.12. The summed E-state index contributed by atoms with van der Waals surface area (Å²) >= 11 is 0. The fraction of sp³-hybridized carbons (Fsp3) is 0.324. The lowest BCUT2D eigenvalue weighted by Gasteiger charge is -2.59. The first-order valence-corrected chi connectivity index (χ1v) is 59.3. The van der Waals surface area contributed by atoms with Crippen molar-refractivity contribution in [2.45, 2.75) is 147 Å². The maximum Gasteiger partial charge on any atom is 0.520 e. The number of hydrogen-bond donors (Lipinski definition) is 1. The van der Waals surface area contributed by atoms with Crippen molar-refractivity contribution in [2.75, 3.05) is 0 Å². The van der Waals surface area contributed by atoms with E-state index in [9.17, 15) is 0 Å². The molecule has 6 heterocycles. The van der Waals surface area contributed by atoms with Crippen molar-refractivity contribution < 1.29 is 58.3 Å². The van der Waals surface area contributed by atoms with Crippen molar-refractivity contribution in [1.82, 2.24) is 0 Å². The molecule has 26 heteroatoms. The van der Waals surface area contributed by atoms with Crippen LogP contribution in [0.1, 0.15) is 74.7 Å². The monoisotopic (exact) mass is 1510 g/mol. The SMILES string of the molecule is CCC1(C)CC(C)(C)[Si](C)(C)O[Si]2(c3ccccc3)O[Si]3(c4ccccc4)O[Si](O)(c4ccccc4)O[Si]4(c5ccccc5)O[Si](c5ccccc5)(O[SiH](c5ccccc5)O[Si]1(C)C)O[Si](c1ccccc1)(O2)O[Si](c1ccccc1)(O3)O[Si](C)(C)C(C)(CC)C(C)(C)[Si](C)(C)O4. The van der Waals surface area contributed by atoms with E-state index < -0.39 is 124 Å². The Balaban J connectivity index is 1.41. The first kappa shape index (κ1) is 72.6. The van der Waals surface area contributed by atoms with Crippen LogP contribution in [0.3, 0.4) is 0 Å². The fourth-order valence-electron chi connectivity index (χ4n) is 14.5. The molecule has 0 radical (unpaired) electrons. The highest BCUT2D eigenvalue weighted by Crippen LogP contribution is 2.66. The Morgan fingerprint density at radius 3 is 0.938 bits per heavy atom. The second-order valence-corrected chi connectivity index (χ2v) is 71.0. The Morgan fingerprint density at radius 2 is 0.588 bits per heavy atom. The van der Waals surface area contributed by atoms with E-state index >= 15 is 4.80 Å². The van der Waals surface area contributed by atoms with Gasteiger partial charge in [0, 0.05) is 36.3 Å². The number of rotatable bonds is 10. The molecule has 10 unspecified atom stereocenters. The second kappa shape index (κ2) is 26.6. The van der Waals surface area contributed by atoms with Gasteiger partial charge in [-0.1, -0.05) is 311 Å². The van der Waals surface area contributed by atoms with Gasteiger partial charge >= 0.3 is 70.9 Å². The molecule has 0 aromatic heterocycles. The molecule has 10 atom stereocenters. The summed E-state index contributed by atoms with van der Waals surface area (Å²) in [5, 5.41) is 1.88. The molecule has 97 heavy (non-hydrogen) atoms. The van der Waals surface area contributed by atoms with Gasteiger partial charge in [-0.2, -0.15) is 0 Å². The van der Waals surface area contributed by atoms with E-state index in [4.69, 9.17) is 53.5 Å². The van der Waals surface area contributed by atoms with Crippen molar-refractivity contribution in [3.05, 3.63) is 243 Å². The van der Waals surface area contributed by atoms with Gasteiger partial charge < -0.3 is 58.3 Å².